The molecule has 1 atom stereocenters. The van der Waals surface area contributed by atoms with Gasteiger partial charge in [-0.2, -0.15) is 0 Å². The van der Waals surface area contributed by atoms with E-state index in [9.17, 15) is 0 Å². The zero-order valence-electron chi connectivity index (χ0n) is 11.9. The summed E-state index contributed by atoms with van der Waals surface area (Å²) in [6, 6.07) is 5.77. The number of nitrogens with zero attached hydrogens (tertiary/aromatic N) is 1. The van der Waals surface area contributed by atoms with Crippen LogP contribution in [0.25, 0.3) is 0 Å². The van der Waals surface area contributed by atoms with Crippen molar-refractivity contribution in [1.82, 2.24) is 4.90 Å². The molecule has 19 heavy (non-hydrogen) atoms. The van der Waals surface area contributed by atoms with Crippen molar-refractivity contribution in [3.63, 3.8) is 0 Å². The number of methoxy groups -OCH3 is 1. The zero-order valence-corrected chi connectivity index (χ0v) is 11.9. The molecule has 5 heteroatoms. The Hall–Kier alpha value is -1.30. The third kappa shape index (κ3) is 3.83. The van der Waals surface area contributed by atoms with Crippen LogP contribution in [-0.4, -0.2) is 50.5 Å². The lowest BCUT2D eigenvalue weighted by atomic mass is 10.0. The first-order chi connectivity index (χ1) is 9.19. The van der Waals surface area contributed by atoms with Gasteiger partial charge in [0.25, 0.3) is 0 Å². The molecule has 0 bridgehead atoms. The highest BCUT2D eigenvalue weighted by Gasteiger charge is 2.21. The predicted molar refractivity (Wildman–Crippen MR) is 75.7 cm³/mol. The summed E-state index contributed by atoms with van der Waals surface area (Å²) in [4.78, 5) is 2.01. The first kappa shape index (κ1) is 15.8. The Bertz CT molecular complexity index is 385. The lowest BCUT2D eigenvalue weighted by molar-refractivity contribution is 0.179. The van der Waals surface area contributed by atoms with Crippen LogP contribution in [0.15, 0.2) is 18.2 Å². The normalized spacial score (nSPS) is 12.5. The van der Waals surface area contributed by atoms with Crippen LogP contribution in [-0.2, 0) is 0 Å². The lowest BCUT2D eigenvalue weighted by Gasteiger charge is -2.28. The molecule has 0 aliphatic carbocycles. The van der Waals surface area contributed by atoms with Gasteiger partial charge in [-0.15, -0.1) is 0 Å². The second kappa shape index (κ2) is 7.99. The van der Waals surface area contributed by atoms with Crippen LogP contribution in [0.2, 0.25) is 0 Å². The number of benzene rings is 1. The molecule has 0 saturated carbocycles. The first-order valence-corrected chi connectivity index (χ1v) is 6.50. The van der Waals surface area contributed by atoms with E-state index in [1.165, 1.54) is 0 Å². The minimum atomic E-state index is -0.0104. The SMILES string of the molecule is CCOc1c(OC)cccc1C(CN)N(C)CCO. The topological polar surface area (TPSA) is 68.0 Å². The van der Waals surface area contributed by atoms with Crippen LogP contribution in [0.4, 0.5) is 0 Å². The number of rotatable bonds is 8. The molecule has 0 aromatic heterocycles. The Kier molecular flexibility index (Phi) is 6.62. The Morgan fingerprint density at radius 1 is 1.42 bits per heavy atom. The van der Waals surface area contributed by atoms with E-state index in [0.29, 0.717) is 25.4 Å². The van der Waals surface area contributed by atoms with Crippen molar-refractivity contribution >= 4 is 0 Å². The van der Waals surface area contributed by atoms with Gasteiger partial charge in [0.1, 0.15) is 0 Å². The van der Waals surface area contributed by atoms with E-state index in [2.05, 4.69) is 0 Å². The van der Waals surface area contributed by atoms with Gasteiger partial charge in [-0.1, -0.05) is 12.1 Å². The second-order valence-electron chi connectivity index (χ2n) is 4.27. The molecule has 5 nitrogen and oxygen atoms in total. The van der Waals surface area contributed by atoms with Gasteiger partial charge in [0.2, 0.25) is 0 Å². The maximum Gasteiger partial charge on any atom is 0.165 e. The molecule has 0 amide bonds. The van der Waals surface area contributed by atoms with E-state index in [0.717, 1.165) is 11.3 Å². The van der Waals surface area contributed by atoms with Crippen LogP contribution >= 0.6 is 0 Å². The Labute approximate surface area is 114 Å². The molecular weight excluding hydrogens is 244 g/mol. The summed E-state index contributed by atoms with van der Waals surface area (Å²) in [5, 5.41) is 9.06. The van der Waals surface area contributed by atoms with Crippen molar-refractivity contribution in [1.29, 1.82) is 0 Å². The summed E-state index contributed by atoms with van der Waals surface area (Å²) in [7, 11) is 3.56. The predicted octanol–water partition coefficient (Wildman–Crippen LogP) is 1.02. The second-order valence-corrected chi connectivity index (χ2v) is 4.27. The number of ether oxygens (including phenoxy) is 2. The van der Waals surface area contributed by atoms with Gasteiger partial charge in [0, 0.05) is 18.7 Å². The molecule has 1 aromatic rings. The lowest BCUT2D eigenvalue weighted by Crippen LogP contribution is -2.33. The molecule has 0 fully saturated rings. The number of para-hydroxylation sites is 1. The van der Waals surface area contributed by atoms with Crippen LogP contribution in [0, 0.1) is 0 Å². The average molecular weight is 268 g/mol. The highest BCUT2D eigenvalue weighted by molar-refractivity contribution is 5.48. The highest BCUT2D eigenvalue weighted by Crippen LogP contribution is 2.36. The maximum absolute atomic E-state index is 9.06. The number of likely N-dealkylation sites (N-methyl/N-ethyl adjacent to an activating group) is 1. The molecule has 108 valence electrons. The van der Waals surface area contributed by atoms with Crippen molar-refractivity contribution in [2.45, 2.75) is 13.0 Å². The molecule has 0 heterocycles. The van der Waals surface area contributed by atoms with Crippen molar-refractivity contribution in [2.75, 3.05) is 40.5 Å². The molecule has 0 aliphatic rings. The van der Waals surface area contributed by atoms with Crippen molar-refractivity contribution in [3.8, 4) is 11.5 Å². The maximum atomic E-state index is 9.06. The van der Waals surface area contributed by atoms with E-state index in [1.54, 1.807) is 7.11 Å². The van der Waals surface area contributed by atoms with Gasteiger partial charge in [-0.25, -0.2) is 0 Å². The average Bonchev–Trinajstić information content (AvgIpc) is 2.41. The summed E-state index contributed by atoms with van der Waals surface area (Å²) < 4.78 is 11.0. The first-order valence-electron chi connectivity index (χ1n) is 6.50. The van der Waals surface area contributed by atoms with Gasteiger partial charge in [-0.05, 0) is 20.0 Å². The van der Waals surface area contributed by atoms with E-state index < -0.39 is 0 Å². The highest BCUT2D eigenvalue weighted by atomic mass is 16.5. The van der Waals surface area contributed by atoms with Gasteiger partial charge >= 0.3 is 0 Å². The standard InChI is InChI=1S/C14H24N2O3/c1-4-19-14-11(6-5-7-13(14)18-3)12(10-15)16(2)8-9-17/h5-7,12,17H,4,8-10,15H2,1-3H3. The zero-order chi connectivity index (χ0) is 14.3. The van der Waals surface area contributed by atoms with Crippen molar-refractivity contribution in [3.05, 3.63) is 23.8 Å². The van der Waals surface area contributed by atoms with Gasteiger partial charge in [0.15, 0.2) is 11.5 Å². The van der Waals surface area contributed by atoms with E-state index in [1.807, 2.05) is 37.1 Å². The van der Waals surface area contributed by atoms with Crippen LogP contribution in [0.3, 0.4) is 0 Å². The fourth-order valence-electron chi connectivity index (χ4n) is 2.11. The summed E-state index contributed by atoms with van der Waals surface area (Å²) in [5.41, 5.74) is 6.86. The molecule has 0 aliphatic heterocycles. The Balaban J connectivity index is 3.14. The number of nitrogens with two attached hydrogens (primary N) is 1. The molecule has 0 saturated heterocycles. The van der Waals surface area contributed by atoms with Gasteiger partial charge in [0.05, 0.1) is 26.4 Å². The van der Waals surface area contributed by atoms with Crippen molar-refractivity contribution < 1.29 is 14.6 Å². The fraction of sp³-hybridized carbons (Fsp3) is 0.571. The van der Waals surface area contributed by atoms with E-state index in [-0.39, 0.29) is 12.6 Å². The minimum Gasteiger partial charge on any atom is -0.493 e. The molecule has 1 aromatic carbocycles. The van der Waals surface area contributed by atoms with Crippen LogP contribution in [0.1, 0.15) is 18.5 Å². The largest absolute Gasteiger partial charge is 0.493 e. The summed E-state index contributed by atoms with van der Waals surface area (Å²) in [6.45, 7) is 3.61. The van der Waals surface area contributed by atoms with Crippen molar-refractivity contribution in [2.24, 2.45) is 5.73 Å². The smallest absolute Gasteiger partial charge is 0.165 e. The monoisotopic (exact) mass is 268 g/mol. The molecule has 3 N–H and O–H groups in total. The van der Waals surface area contributed by atoms with Gasteiger partial charge in [-0.3, -0.25) is 4.90 Å². The summed E-state index contributed by atoms with van der Waals surface area (Å²) in [5.74, 6) is 1.43. The Morgan fingerprint density at radius 3 is 2.68 bits per heavy atom. The van der Waals surface area contributed by atoms with E-state index >= 15 is 0 Å². The van der Waals surface area contributed by atoms with E-state index in [4.69, 9.17) is 20.3 Å². The Morgan fingerprint density at radius 2 is 2.16 bits per heavy atom. The minimum absolute atomic E-state index is 0.0104. The molecule has 0 radical (unpaired) electrons. The summed E-state index contributed by atoms with van der Waals surface area (Å²) in [6.07, 6.45) is 0. The number of hydrogen-bond acceptors (Lipinski definition) is 5. The third-order valence-electron chi connectivity index (χ3n) is 3.08. The molecule has 1 unspecified atom stereocenters. The fourth-order valence-corrected chi connectivity index (χ4v) is 2.11. The third-order valence-corrected chi connectivity index (χ3v) is 3.08. The molecular formula is C14H24N2O3. The van der Waals surface area contributed by atoms with Gasteiger partial charge < -0.3 is 20.3 Å². The summed E-state index contributed by atoms with van der Waals surface area (Å²) >= 11 is 0. The number of aliphatic hydroxyl groups is 1. The molecule has 1 rings (SSSR count). The molecule has 0 spiro atoms. The quantitative estimate of drug-likeness (QED) is 0.736. The number of hydrogen-bond donors (Lipinski definition) is 2. The van der Waals surface area contributed by atoms with Crippen LogP contribution in [0.5, 0.6) is 11.5 Å². The van der Waals surface area contributed by atoms with Crippen LogP contribution < -0.4 is 15.2 Å². The number of aliphatic hydroxyl groups excluding tert-OH is 1.